The lowest BCUT2D eigenvalue weighted by atomic mass is 10.00. The molecule has 0 saturated heterocycles. The van der Waals surface area contributed by atoms with E-state index in [1.54, 1.807) is 17.8 Å². The van der Waals surface area contributed by atoms with Crippen LogP contribution < -0.4 is 20.1 Å². The van der Waals surface area contributed by atoms with Gasteiger partial charge in [0.2, 0.25) is 0 Å². The molecule has 1 atom stereocenters. The van der Waals surface area contributed by atoms with Crippen molar-refractivity contribution in [3.63, 3.8) is 0 Å². The number of hydrogen-bond acceptors (Lipinski definition) is 5. The van der Waals surface area contributed by atoms with Gasteiger partial charge in [-0.15, -0.1) is 0 Å². The van der Waals surface area contributed by atoms with E-state index in [0.717, 1.165) is 35.6 Å². The number of aryl methyl sites for hydroxylation is 1. The molecule has 0 aliphatic carbocycles. The second-order valence-corrected chi connectivity index (χ2v) is 7.06. The molecule has 0 spiro atoms. The summed E-state index contributed by atoms with van der Waals surface area (Å²) in [6, 6.07) is 5.89. The molecular formula is C20H29N5O3. The molecule has 2 aromatic rings. The normalized spacial score (nSPS) is 16.2. The summed E-state index contributed by atoms with van der Waals surface area (Å²) in [5.41, 5.74) is 0.724. The van der Waals surface area contributed by atoms with Gasteiger partial charge in [-0.2, -0.15) is 5.10 Å². The summed E-state index contributed by atoms with van der Waals surface area (Å²) in [4.78, 5) is 4.62. The number of hydrogen-bond donors (Lipinski definition) is 3. The summed E-state index contributed by atoms with van der Waals surface area (Å²) >= 11 is 0. The molecular weight excluding hydrogens is 358 g/mol. The highest BCUT2D eigenvalue weighted by molar-refractivity contribution is 5.79. The number of nitrogens with zero attached hydrogens (tertiary/aromatic N) is 3. The monoisotopic (exact) mass is 387 g/mol. The SMILES string of the molecule is CCNC(=NCc1ccc2c(c1)OCCCO2)NCC(C)(O)c1cnn(C)c1. The molecule has 0 saturated carbocycles. The number of nitrogens with one attached hydrogen (secondary N) is 2. The molecule has 1 unspecified atom stereocenters. The zero-order chi connectivity index (χ0) is 20.0. The van der Waals surface area contributed by atoms with Gasteiger partial charge < -0.3 is 25.2 Å². The maximum Gasteiger partial charge on any atom is 0.191 e. The van der Waals surface area contributed by atoms with Crippen molar-refractivity contribution >= 4 is 5.96 Å². The Balaban J connectivity index is 1.65. The van der Waals surface area contributed by atoms with E-state index < -0.39 is 5.60 Å². The lowest BCUT2D eigenvalue weighted by molar-refractivity contribution is 0.0616. The fourth-order valence-electron chi connectivity index (χ4n) is 2.88. The Bertz CT molecular complexity index is 816. The first kappa shape index (κ1) is 20.0. The van der Waals surface area contributed by atoms with Crippen molar-refractivity contribution in [3.8, 4) is 11.5 Å². The van der Waals surface area contributed by atoms with E-state index >= 15 is 0 Å². The van der Waals surface area contributed by atoms with E-state index in [1.807, 2.05) is 38.4 Å². The minimum absolute atomic E-state index is 0.311. The van der Waals surface area contributed by atoms with E-state index in [9.17, 15) is 5.11 Å². The van der Waals surface area contributed by atoms with E-state index in [-0.39, 0.29) is 0 Å². The van der Waals surface area contributed by atoms with Crippen molar-refractivity contribution < 1.29 is 14.6 Å². The smallest absolute Gasteiger partial charge is 0.191 e. The molecule has 3 rings (SSSR count). The second kappa shape index (κ2) is 8.97. The minimum atomic E-state index is -1.06. The molecule has 152 valence electrons. The van der Waals surface area contributed by atoms with Crippen LogP contribution in [0.2, 0.25) is 0 Å². The summed E-state index contributed by atoms with van der Waals surface area (Å²) in [5, 5.41) is 21.3. The van der Waals surface area contributed by atoms with Crippen molar-refractivity contribution in [2.24, 2.45) is 12.0 Å². The molecule has 28 heavy (non-hydrogen) atoms. The number of aliphatic imine (C=N–C) groups is 1. The predicted molar refractivity (Wildman–Crippen MR) is 108 cm³/mol. The molecule has 3 N–H and O–H groups in total. The first-order valence-corrected chi connectivity index (χ1v) is 9.60. The molecule has 1 aromatic carbocycles. The topological polar surface area (TPSA) is 92.9 Å². The van der Waals surface area contributed by atoms with Crippen molar-refractivity contribution in [3.05, 3.63) is 41.7 Å². The van der Waals surface area contributed by atoms with Crippen LogP contribution in [-0.2, 0) is 19.2 Å². The van der Waals surface area contributed by atoms with Crippen molar-refractivity contribution in [1.82, 2.24) is 20.4 Å². The quantitative estimate of drug-likeness (QED) is 0.514. The third-order valence-corrected chi connectivity index (χ3v) is 4.50. The molecule has 1 aromatic heterocycles. The van der Waals surface area contributed by atoms with Crippen LogP contribution >= 0.6 is 0 Å². The highest BCUT2D eigenvalue weighted by Crippen LogP contribution is 2.30. The van der Waals surface area contributed by atoms with Gasteiger partial charge in [0, 0.05) is 31.8 Å². The molecule has 8 nitrogen and oxygen atoms in total. The van der Waals surface area contributed by atoms with Gasteiger partial charge in [-0.25, -0.2) is 4.99 Å². The fraction of sp³-hybridized carbons (Fsp3) is 0.500. The van der Waals surface area contributed by atoms with Crippen LogP contribution in [0.25, 0.3) is 0 Å². The van der Waals surface area contributed by atoms with Gasteiger partial charge in [0.1, 0.15) is 5.60 Å². The number of benzene rings is 1. The number of rotatable bonds is 6. The van der Waals surface area contributed by atoms with E-state index in [1.165, 1.54) is 0 Å². The fourth-order valence-corrected chi connectivity index (χ4v) is 2.88. The predicted octanol–water partition coefficient (Wildman–Crippen LogP) is 1.54. The number of guanidine groups is 1. The standard InChI is InChI=1S/C20H29N5O3/c1-4-21-19(23-14-20(2,26)16-12-24-25(3)13-16)22-11-15-6-7-17-18(10-15)28-9-5-8-27-17/h6-7,10,12-13,26H,4-5,8-9,11,14H2,1-3H3,(H2,21,22,23). The molecule has 0 fully saturated rings. The Kier molecular flexibility index (Phi) is 6.41. The van der Waals surface area contributed by atoms with Crippen LogP contribution in [0, 0.1) is 0 Å². The highest BCUT2D eigenvalue weighted by Gasteiger charge is 2.25. The third kappa shape index (κ3) is 5.16. The lowest BCUT2D eigenvalue weighted by Gasteiger charge is -2.23. The summed E-state index contributed by atoms with van der Waals surface area (Å²) in [6.45, 7) is 6.62. The van der Waals surface area contributed by atoms with Crippen LogP contribution in [0.3, 0.4) is 0 Å². The average Bonchev–Trinajstić information content (AvgIpc) is 2.99. The molecule has 0 bridgehead atoms. The second-order valence-electron chi connectivity index (χ2n) is 7.06. The van der Waals surface area contributed by atoms with Gasteiger partial charge in [-0.3, -0.25) is 4.68 Å². The summed E-state index contributed by atoms with van der Waals surface area (Å²) < 4.78 is 13.1. The highest BCUT2D eigenvalue weighted by atomic mass is 16.5. The van der Waals surface area contributed by atoms with Crippen LogP contribution in [0.1, 0.15) is 31.4 Å². The zero-order valence-electron chi connectivity index (χ0n) is 16.7. The maximum absolute atomic E-state index is 10.7. The van der Waals surface area contributed by atoms with Crippen LogP contribution in [0.4, 0.5) is 0 Å². The first-order valence-electron chi connectivity index (χ1n) is 9.60. The number of aromatic nitrogens is 2. The van der Waals surface area contributed by atoms with Gasteiger partial charge in [0.05, 0.1) is 32.5 Å². The van der Waals surface area contributed by atoms with Gasteiger partial charge in [-0.05, 0) is 31.5 Å². The van der Waals surface area contributed by atoms with Crippen LogP contribution in [-0.4, -0.2) is 47.1 Å². The lowest BCUT2D eigenvalue weighted by Crippen LogP contribution is -2.44. The van der Waals surface area contributed by atoms with Gasteiger partial charge in [0.15, 0.2) is 17.5 Å². The third-order valence-electron chi connectivity index (χ3n) is 4.50. The van der Waals surface area contributed by atoms with Crippen LogP contribution in [0.5, 0.6) is 11.5 Å². The zero-order valence-corrected chi connectivity index (χ0v) is 16.7. The molecule has 1 aliphatic heterocycles. The number of fused-ring (bicyclic) bond motifs is 1. The van der Waals surface area contributed by atoms with Crippen molar-refractivity contribution in [2.45, 2.75) is 32.4 Å². The summed E-state index contributed by atoms with van der Waals surface area (Å²) in [7, 11) is 1.83. The maximum atomic E-state index is 10.7. The Hall–Kier alpha value is -2.74. The van der Waals surface area contributed by atoms with Crippen molar-refractivity contribution in [2.75, 3.05) is 26.3 Å². The largest absolute Gasteiger partial charge is 0.490 e. The van der Waals surface area contributed by atoms with Crippen LogP contribution in [0.15, 0.2) is 35.6 Å². The average molecular weight is 387 g/mol. The Labute approximate surface area is 165 Å². The Morgan fingerprint density at radius 3 is 2.79 bits per heavy atom. The van der Waals surface area contributed by atoms with E-state index in [4.69, 9.17) is 9.47 Å². The minimum Gasteiger partial charge on any atom is -0.490 e. The van der Waals surface area contributed by atoms with E-state index in [2.05, 4.69) is 20.7 Å². The number of aliphatic hydroxyl groups is 1. The van der Waals surface area contributed by atoms with E-state index in [0.29, 0.717) is 32.3 Å². The van der Waals surface area contributed by atoms with Gasteiger partial charge in [0.25, 0.3) is 0 Å². The Morgan fingerprint density at radius 1 is 1.29 bits per heavy atom. The molecule has 1 aliphatic rings. The van der Waals surface area contributed by atoms with Gasteiger partial charge in [-0.1, -0.05) is 6.07 Å². The molecule has 2 heterocycles. The molecule has 0 amide bonds. The summed E-state index contributed by atoms with van der Waals surface area (Å²) in [5.74, 6) is 2.18. The van der Waals surface area contributed by atoms with Gasteiger partial charge >= 0.3 is 0 Å². The number of ether oxygens (including phenoxy) is 2. The summed E-state index contributed by atoms with van der Waals surface area (Å²) in [6.07, 6.45) is 4.36. The first-order chi connectivity index (χ1) is 13.5. The Morgan fingerprint density at radius 2 is 2.07 bits per heavy atom. The van der Waals surface area contributed by atoms with Crippen molar-refractivity contribution in [1.29, 1.82) is 0 Å². The molecule has 8 heteroatoms. The molecule has 0 radical (unpaired) electrons.